The fourth-order valence-electron chi connectivity index (χ4n) is 4.66. The van der Waals surface area contributed by atoms with E-state index < -0.39 is 34.8 Å². The van der Waals surface area contributed by atoms with E-state index >= 15 is 0 Å². The number of ether oxygens (including phenoxy) is 1. The van der Waals surface area contributed by atoms with Gasteiger partial charge in [-0.05, 0) is 42.7 Å². The Balaban J connectivity index is 1.27. The predicted molar refractivity (Wildman–Crippen MR) is 115 cm³/mol. The third-order valence-electron chi connectivity index (χ3n) is 6.26. The SMILES string of the molecule is O=C(Nc1ccc(Oc2c(F)c(F)c(F)c(F)c2F)cc1)N1C[C@H]2C[C@H](C1)c1cccc(=O)n1C2. The number of benzene rings is 2. The van der Waals surface area contributed by atoms with Crippen molar-refractivity contribution in [3.8, 4) is 11.5 Å². The molecule has 11 heteroatoms. The fraction of sp³-hybridized carbons (Fsp3) is 0.250. The van der Waals surface area contributed by atoms with Gasteiger partial charge in [0.05, 0.1) is 0 Å². The summed E-state index contributed by atoms with van der Waals surface area (Å²) < 4.78 is 74.2. The van der Waals surface area contributed by atoms with E-state index in [0.717, 1.165) is 12.1 Å². The highest BCUT2D eigenvalue weighted by Crippen LogP contribution is 2.36. The number of piperidine rings is 1. The number of fused-ring (bicyclic) bond motifs is 4. The van der Waals surface area contributed by atoms with Crippen LogP contribution in [0.15, 0.2) is 47.3 Å². The number of hydrogen-bond acceptors (Lipinski definition) is 3. The van der Waals surface area contributed by atoms with Crippen molar-refractivity contribution >= 4 is 11.7 Å². The number of hydrogen-bond donors (Lipinski definition) is 1. The second kappa shape index (κ2) is 8.71. The Morgan fingerprint density at radius 1 is 0.857 bits per heavy atom. The highest BCUT2D eigenvalue weighted by molar-refractivity contribution is 5.89. The molecule has 0 aliphatic carbocycles. The number of urea groups is 1. The largest absolute Gasteiger partial charge is 0.451 e. The number of anilines is 1. The molecule has 0 radical (unpaired) electrons. The van der Waals surface area contributed by atoms with Gasteiger partial charge < -0.3 is 19.5 Å². The minimum absolute atomic E-state index is 0.0409. The zero-order valence-corrected chi connectivity index (χ0v) is 18.0. The van der Waals surface area contributed by atoms with Crippen LogP contribution in [0.25, 0.3) is 0 Å². The van der Waals surface area contributed by atoms with Crippen LogP contribution < -0.4 is 15.6 Å². The van der Waals surface area contributed by atoms with E-state index in [1.54, 1.807) is 15.5 Å². The lowest BCUT2D eigenvalue weighted by molar-refractivity contribution is 0.139. The predicted octanol–water partition coefficient (Wildman–Crippen LogP) is 4.99. The Bertz CT molecular complexity index is 1350. The molecule has 35 heavy (non-hydrogen) atoms. The highest BCUT2D eigenvalue weighted by atomic mass is 19.2. The first kappa shape index (κ1) is 22.9. The van der Waals surface area contributed by atoms with Gasteiger partial charge in [-0.15, -0.1) is 0 Å². The third kappa shape index (κ3) is 4.11. The van der Waals surface area contributed by atoms with Gasteiger partial charge in [-0.25, -0.2) is 18.0 Å². The molecule has 0 spiro atoms. The zero-order chi connectivity index (χ0) is 24.9. The van der Waals surface area contributed by atoms with E-state index in [-0.39, 0.29) is 29.2 Å². The third-order valence-corrected chi connectivity index (χ3v) is 6.26. The standard InChI is InChI=1S/C24H18F5N3O3/c25-18-19(26)21(28)23(22(29)20(18)27)35-15-6-4-14(5-7-15)30-24(34)31-9-12-8-13(11-31)16-2-1-3-17(33)32(16)10-12/h1-7,12-13H,8-11H2,(H,30,34)/t12-,13-/m1/s1. The lowest BCUT2D eigenvalue weighted by Gasteiger charge is -2.42. The number of likely N-dealkylation sites (tertiary alicyclic amines) is 1. The molecule has 2 amide bonds. The van der Waals surface area contributed by atoms with Gasteiger partial charge in [0.25, 0.3) is 5.56 Å². The lowest BCUT2D eigenvalue weighted by atomic mass is 9.83. The van der Waals surface area contributed by atoms with Crippen LogP contribution in [0.2, 0.25) is 0 Å². The monoisotopic (exact) mass is 491 g/mol. The average molecular weight is 491 g/mol. The van der Waals surface area contributed by atoms with E-state index in [1.165, 1.54) is 30.3 Å². The van der Waals surface area contributed by atoms with Crippen molar-refractivity contribution in [2.75, 3.05) is 18.4 Å². The van der Waals surface area contributed by atoms with Gasteiger partial charge in [-0.2, -0.15) is 8.78 Å². The molecule has 1 fully saturated rings. The van der Waals surface area contributed by atoms with Crippen molar-refractivity contribution in [2.24, 2.45) is 5.92 Å². The van der Waals surface area contributed by atoms with Crippen LogP contribution in [0.1, 0.15) is 18.0 Å². The van der Waals surface area contributed by atoms with Crippen molar-refractivity contribution in [1.29, 1.82) is 0 Å². The van der Waals surface area contributed by atoms with E-state index in [9.17, 15) is 31.5 Å². The Morgan fingerprint density at radius 3 is 2.20 bits per heavy atom. The molecule has 2 bridgehead atoms. The van der Waals surface area contributed by atoms with Gasteiger partial charge in [0.2, 0.25) is 34.8 Å². The molecule has 2 aliphatic heterocycles. The molecule has 3 heterocycles. The molecule has 2 aromatic carbocycles. The first-order valence-corrected chi connectivity index (χ1v) is 10.8. The summed E-state index contributed by atoms with van der Waals surface area (Å²) in [7, 11) is 0. The van der Waals surface area contributed by atoms with Gasteiger partial charge >= 0.3 is 6.03 Å². The average Bonchev–Trinajstić information content (AvgIpc) is 2.86. The molecular formula is C24H18F5N3O3. The number of pyridine rings is 1. The van der Waals surface area contributed by atoms with Crippen LogP contribution >= 0.6 is 0 Å². The van der Waals surface area contributed by atoms with Crippen LogP contribution in [0.5, 0.6) is 11.5 Å². The number of nitrogens with zero attached hydrogens (tertiary/aromatic N) is 2. The molecule has 6 nitrogen and oxygen atoms in total. The van der Waals surface area contributed by atoms with Gasteiger partial charge in [0.1, 0.15) is 5.75 Å². The maximum atomic E-state index is 13.8. The summed E-state index contributed by atoms with van der Waals surface area (Å²) in [4.78, 5) is 26.7. The second-order valence-corrected chi connectivity index (χ2v) is 8.56. The molecule has 1 N–H and O–H groups in total. The van der Waals surface area contributed by atoms with Crippen molar-refractivity contribution in [1.82, 2.24) is 9.47 Å². The summed E-state index contributed by atoms with van der Waals surface area (Å²) in [6.07, 6.45) is 0.886. The number of carbonyl (C=O) groups excluding carboxylic acids is 1. The number of carbonyl (C=O) groups is 1. The van der Waals surface area contributed by atoms with E-state index in [2.05, 4.69) is 5.32 Å². The Morgan fingerprint density at radius 2 is 1.51 bits per heavy atom. The van der Waals surface area contributed by atoms with E-state index in [4.69, 9.17) is 4.74 Å². The topological polar surface area (TPSA) is 63.6 Å². The first-order chi connectivity index (χ1) is 16.7. The first-order valence-electron chi connectivity index (χ1n) is 10.8. The Hall–Kier alpha value is -3.89. The lowest BCUT2D eigenvalue weighted by Crippen LogP contribution is -2.50. The Kier molecular flexibility index (Phi) is 5.70. The van der Waals surface area contributed by atoms with Gasteiger partial charge in [0.15, 0.2) is 0 Å². The smallest absolute Gasteiger partial charge is 0.321 e. The van der Waals surface area contributed by atoms with Gasteiger partial charge in [-0.3, -0.25) is 4.79 Å². The van der Waals surface area contributed by atoms with Crippen LogP contribution in [0.3, 0.4) is 0 Å². The molecule has 2 aliphatic rings. The quantitative estimate of drug-likeness (QED) is 0.319. The summed E-state index contributed by atoms with van der Waals surface area (Å²) in [6, 6.07) is 9.96. The second-order valence-electron chi connectivity index (χ2n) is 8.56. The summed E-state index contributed by atoms with van der Waals surface area (Å²) in [5.74, 6) is -12.1. The molecule has 1 saturated heterocycles. The van der Waals surface area contributed by atoms with Gasteiger partial charge in [-0.1, -0.05) is 6.07 Å². The minimum atomic E-state index is -2.28. The van der Waals surface area contributed by atoms with Crippen molar-refractivity contribution in [2.45, 2.75) is 18.9 Å². The Labute approximate surface area is 195 Å². The maximum absolute atomic E-state index is 13.8. The minimum Gasteiger partial charge on any atom is -0.451 e. The normalized spacial score (nSPS) is 18.7. The van der Waals surface area contributed by atoms with Crippen molar-refractivity contribution in [3.05, 3.63) is 87.6 Å². The number of nitrogens with one attached hydrogen (secondary N) is 1. The maximum Gasteiger partial charge on any atom is 0.321 e. The van der Waals surface area contributed by atoms with Crippen LogP contribution in [-0.2, 0) is 6.54 Å². The molecule has 1 aromatic heterocycles. The molecule has 3 aromatic rings. The summed E-state index contributed by atoms with van der Waals surface area (Å²) in [5, 5.41) is 2.72. The molecule has 2 atom stereocenters. The summed E-state index contributed by atoms with van der Waals surface area (Å²) in [6.45, 7) is 1.46. The van der Waals surface area contributed by atoms with Gasteiger partial charge in [0, 0.05) is 43.0 Å². The van der Waals surface area contributed by atoms with Crippen LogP contribution in [0.4, 0.5) is 32.4 Å². The number of amides is 2. The number of aromatic nitrogens is 1. The molecule has 5 rings (SSSR count). The molecule has 0 unspecified atom stereocenters. The molecular weight excluding hydrogens is 473 g/mol. The summed E-state index contributed by atoms with van der Waals surface area (Å²) >= 11 is 0. The fourth-order valence-corrected chi connectivity index (χ4v) is 4.66. The van der Waals surface area contributed by atoms with Crippen molar-refractivity contribution in [3.63, 3.8) is 0 Å². The number of halogens is 5. The summed E-state index contributed by atoms with van der Waals surface area (Å²) in [5.41, 5.74) is 1.19. The van der Waals surface area contributed by atoms with E-state index in [1.807, 2.05) is 6.07 Å². The molecule has 0 saturated carbocycles. The number of rotatable bonds is 3. The van der Waals surface area contributed by atoms with Crippen LogP contribution in [0, 0.1) is 35.0 Å². The molecule has 182 valence electrons. The zero-order valence-electron chi connectivity index (χ0n) is 18.0. The highest BCUT2D eigenvalue weighted by Gasteiger charge is 2.36. The van der Waals surface area contributed by atoms with E-state index in [0.29, 0.717) is 25.3 Å². The van der Waals surface area contributed by atoms with Crippen molar-refractivity contribution < 1.29 is 31.5 Å². The van der Waals surface area contributed by atoms with Crippen LogP contribution in [-0.4, -0.2) is 28.6 Å².